The zero-order valence-electron chi connectivity index (χ0n) is 17.4. The number of carboxylic acid groups (broad SMARTS) is 1. The lowest BCUT2D eigenvalue weighted by atomic mass is 9.59. The molecule has 0 aliphatic heterocycles. The van der Waals surface area contributed by atoms with Crippen LogP contribution in [0.5, 0.6) is 5.75 Å². The highest BCUT2D eigenvalue weighted by molar-refractivity contribution is 5.90. The number of hydrogen-bond acceptors (Lipinski definition) is 3. The van der Waals surface area contributed by atoms with Gasteiger partial charge in [-0.1, -0.05) is 42.8 Å². The van der Waals surface area contributed by atoms with Crippen LogP contribution in [0.15, 0.2) is 78.9 Å². The fraction of sp³-hybridized carbons (Fsp3) is 0.185. The Morgan fingerprint density at radius 1 is 1.00 bits per heavy atom. The molecule has 1 heterocycles. The zero-order valence-corrected chi connectivity index (χ0v) is 17.4. The fourth-order valence-corrected chi connectivity index (χ4v) is 4.57. The van der Waals surface area contributed by atoms with Gasteiger partial charge in [0.1, 0.15) is 18.2 Å². The summed E-state index contributed by atoms with van der Waals surface area (Å²) in [6.07, 6.45) is 2.87. The average Bonchev–Trinajstić information content (AvgIpc) is 2.77. The van der Waals surface area contributed by atoms with Crippen LogP contribution in [0.1, 0.15) is 46.4 Å². The van der Waals surface area contributed by atoms with Gasteiger partial charge in [-0.05, 0) is 66.4 Å². The molecule has 4 nitrogen and oxygen atoms in total. The normalized spacial score (nSPS) is 14.7. The number of ether oxygens (including phenoxy) is 1. The molecule has 5 heteroatoms. The van der Waals surface area contributed by atoms with E-state index in [0.717, 1.165) is 41.5 Å². The van der Waals surface area contributed by atoms with Crippen molar-refractivity contribution < 1.29 is 19.0 Å². The van der Waals surface area contributed by atoms with Crippen LogP contribution in [0, 0.1) is 5.82 Å². The fourth-order valence-electron chi connectivity index (χ4n) is 4.57. The summed E-state index contributed by atoms with van der Waals surface area (Å²) in [5.41, 5.74) is 3.35. The van der Waals surface area contributed by atoms with Gasteiger partial charge in [0.05, 0.1) is 16.8 Å². The van der Waals surface area contributed by atoms with E-state index in [-0.39, 0.29) is 17.8 Å². The van der Waals surface area contributed by atoms with E-state index in [0.29, 0.717) is 16.8 Å². The smallest absolute Gasteiger partial charge is 0.336 e. The van der Waals surface area contributed by atoms with Gasteiger partial charge in [-0.3, -0.25) is 0 Å². The van der Waals surface area contributed by atoms with Gasteiger partial charge in [-0.2, -0.15) is 0 Å². The number of nitrogens with zero attached hydrogens (tertiary/aromatic N) is 1. The first kappa shape index (κ1) is 20.2. The first-order valence-corrected chi connectivity index (χ1v) is 10.7. The maximum absolute atomic E-state index is 13.4. The van der Waals surface area contributed by atoms with E-state index in [1.807, 2.05) is 36.4 Å². The van der Waals surface area contributed by atoms with Crippen molar-refractivity contribution in [1.29, 1.82) is 0 Å². The third-order valence-electron chi connectivity index (χ3n) is 6.37. The molecule has 1 N–H and O–H groups in total. The minimum absolute atomic E-state index is 0.234. The summed E-state index contributed by atoms with van der Waals surface area (Å²) >= 11 is 0. The number of rotatable bonds is 6. The molecule has 0 saturated heterocycles. The number of aromatic nitrogens is 1. The van der Waals surface area contributed by atoms with Crippen molar-refractivity contribution in [3.8, 4) is 5.75 Å². The number of carbonyl (C=O) groups is 1. The Labute approximate surface area is 185 Å². The van der Waals surface area contributed by atoms with Crippen molar-refractivity contribution >= 4 is 16.9 Å². The Kier molecular flexibility index (Phi) is 5.10. The van der Waals surface area contributed by atoms with Gasteiger partial charge in [-0.15, -0.1) is 0 Å². The van der Waals surface area contributed by atoms with Crippen LogP contribution >= 0.6 is 0 Å². The van der Waals surface area contributed by atoms with E-state index < -0.39 is 5.97 Å². The molecule has 160 valence electrons. The summed E-state index contributed by atoms with van der Waals surface area (Å²) in [5, 5.41) is 10.6. The predicted molar refractivity (Wildman–Crippen MR) is 121 cm³/mol. The molecule has 0 atom stereocenters. The van der Waals surface area contributed by atoms with Crippen molar-refractivity contribution in [2.45, 2.75) is 31.3 Å². The molecule has 5 rings (SSSR count). The molecule has 0 amide bonds. The standard InChI is InChI=1S/C27H22FNO3/c28-20-8-12-25-18(15-20)7-9-21(29-25)17-32-22-10-11-23(26(30)31)24(16-22)27(13-4-14-27)19-5-2-1-3-6-19/h1-3,5-12,15-16H,4,13-14,17H2,(H,30,31). The SMILES string of the molecule is O=C(O)c1ccc(OCc2ccc3cc(F)ccc3n2)cc1C1(c2ccccc2)CCC1. The minimum Gasteiger partial charge on any atom is -0.487 e. The first-order valence-electron chi connectivity index (χ1n) is 10.7. The Morgan fingerprint density at radius 3 is 2.53 bits per heavy atom. The average molecular weight is 427 g/mol. The molecule has 1 aromatic heterocycles. The molecule has 0 bridgehead atoms. The second kappa shape index (κ2) is 8.08. The van der Waals surface area contributed by atoms with Crippen molar-refractivity contribution in [2.75, 3.05) is 0 Å². The second-order valence-electron chi connectivity index (χ2n) is 8.24. The maximum atomic E-state index is 13.4. The van der Waals surface area contributed by atoms with Gasteiger partial charge in [0.15, 0.2) is 0 Å². The summed E-state index contributed by atoms with van der Waals surface area (Å²) < 4.78 is 19.4. The van der Waals surface area contributed by atoms with Gasteiger partial charge in [0.2, 0.25) is 0 Å². The molecule has 4 aromatic rings. The molecule has 3 aromatic carbocycles. The molecule has 0 spiro atoms. The Bertz CT molecular complexity index is 1300. The van der Waals surface area contributed by atoms with E-state index in [4.69, 9.17) is 4.74 Å². The maximum Gasteiger partial charge on any atom is 0.336 e. The van der Waals surface area contributed by atoms with E-state index in [1.54, 1.807) is 18.2 Å². The summed E-state index contributed by atoms with van der Waals surface area (Å²) in [6, 6.07) is 23.4. The second-order valence-corrected chi connectivity index (χ2v) is 8.24. The minimum atomic E-state index is -0.933. The Morgan fingerprint density at radius 2 is 1.81 bits per heavy atom. The summed E-state index contributed by atoms with van der Waals surface area (Å²) in [4.78, 5) is 16.5. The van der Waals surface area contributed by atoms with E-state index >= 15 is 0 Å². The van der Waals surface area contributed by atoms with E-state index in [1.165, 1.54) is 12.1 Å². The topological polar surface area (TPSA) is 59.4 Å². The van der Waals surface area contributed by atoms with E-state index in [9.17, 15) is 14.3 Å². The van der Waals surface area contributed by atoms with Crippen molar-refractivity contribution in [2.24, 2.45) is 0 Å². The third kappa shape index (κ3) is 3.60. The van der Waals surface area contributed by atoms with Crippen LogP contribution in [-0.2, 0) is 12.0 Å². The number of benzene rings is 3. The van der Waals surface area contributed by atoms with Crippen LogP contribution in [0.2, 0.25) is 0 Å². The first-order chi connectivity index (χ1) is 15.5. The highest BCUT2D eigenvalue weighted by atomic mass is 19.1. The summed E-state index contributed by atoms with van der Waals surface area (Å²) in [6.45, 7) is 0.234. The summed E-state index contributed by atoms with van der Waals surface area (Å²) in [5.74, 6) is -0.622. The van der Waals surface area contributed by atoms with Crippen LogP contribution in [0.4, 0.5) is 4.39 Å². The lowest BCUT2D eigenvalue weighted by molar-refractivity contribution is 0.0692. The van der Waals surface area contributed by atoms with Crippen molar-refractivity contribution in [3.63, 3.8) is 0 Å². The van der Waals surface area contributed by atoms with Gasteiger partial charge >= 0.3 is 5.97 Å². The van der Waals surface area contributed by atoms with Crippen LogP contribution in [0.3, 0.4) is 0 Å². The van der Waals surface area contributed by atoms with Gasteiger partial charge < -0.3 is 9.84 Å². The third-order valence-corrected chi connectivity index (χ3v) is 6.37. The Hall–Kier alpha value is -3.73. The quantitative estimate of drug-likeness (QED) is 0.403. The van der Waals surface area contributed by atoms with Crippen molar-refractivity contribution in [1.82, 2.24) is 4.98 Å². The van der Waals surface area contributed by atoms with Gasteiger partial charge in [0.25, 0.3) is 0 Å². The van der Waals surface area contributed by atoms with Gasteiger partial charge in [-0.25, -0.2) is 14.2 Å². The molecule has 1 aliphatic carbocycles. The lowest BCUT2D eigenvalue weighted by Gasteiger charge is -2.44. The highest BCUT2D eigenvalue weighted by Gasteiger charge is 2.42. The molecule has 1 saturated carbocycles. The largest absolute Gasteiger partial charge is 0.487 e. The number of fused-ring (bicyclic) bond motifs is 1. The molecular weight excluding hydrogens is 405 g/mol. The molecular formula is C27H22FNO3. The highest BCUT2D eigenvalue weighted by Crippen LogP contribution is 2.50. The number of halogens is 1. The Balaban J connectivity index is 1.46. The van der Waals surface area contributed by atoms with Crippen molar-refractivity contribution in [3.05, 3.63) is 107 Å². The van der Waals surface area contributed by atoms with Gasteiger partial charge in [0, 0.05) is 10.8 Å². The van der Waals surface area contributed by atoms with E-state index in [2.05, 4.69) is 17.1 Å². The number of carboxylic acids is 1. The van der Waals surface area contributed by atoms with Crippen LogP contribution in [-0.4, -0.2) is 16.1 Å². The predicted octanol–water partition coefficient (Wildman–Crippen LogP) is 6.12. The molecule has 32 heavy (non-hydrogen) atoms. The zero-order chi connectivity index (χ0) is 22.1. The van der Waals surface area contributed by atoms with Crippen LogP contribution < -0.4 is 4.74 Å². The monoisotopic (exact) mass is 427 g/mol. The summed E-state index contributed by atoms with van der Waals surface area (Å²) in [7, 11) is 0. The lowest BCUT2D eigenvalue weighted by Crippen LogP contribution is -2.37. The number of hydrogen-bond donors (Lipinski definition) is 1. The molecule has 0 radical (unpaired) electrons. The molecule has 1 fully saturated rings. The molecule has 1 aliphatic rings. The van der Waals surface area contributed by atoms with Crippen LogP contribution in [0.25, 0.3) is 10.9 Å². The number of aromatic carboxylic acids is 1. The number of pyridine rings is 1. The molecule has 0 unspecified atom stereocenters.